The molecule has 0 amide bonds. The highest BCUT2D eigenvalue weighted by molar-refractivity contribution is 7.99. The van der Waals surface area contributed by atoms with Gasteiger partial charge in [0.05, 0.1) is 0 Å². The lowest BCUT2D eigenvalue weighted by atomic mass is 9.81. The van der Waals surface area contributed by atoms with Crippen molar-refractivity contribution in [2.24, 2.45) is 11.8 Å². The zero-order valence-electron chi connectivity index (χ0n) is 11.5. The Morgan fingerprint density at radius 3 is 2.41 bits per heavy atom. The van der Waals surface area contributed by atoms with Gasteiger partial charge in [0.15, 0.2) is 0 Å². The molecule has 0 aromatic heterocycles. The predicted octanol–water partition coefficient (Wildman–Crippen LogP) is 4.03. The van der Waals surface area contributed by atoms with E-state index in [1.807, 2.05) is 0 Å². The van der Waals surface area contributed by atoms with Crippen molar-refractivity contribution in [1.29, 1.82) is 0 Å². The largest absolute Gasteiger partial charge is 0.302 e. The van der Waals surface area contributed by atoms with Gasteiger partial charge in [-0.25, -0.2) is 0 Å². The third-order valence-corrected chi connectivity index (χ3v) is 5.52. The summed E-state index contributed by atoms with van der Waals surface area (Å²) in [6, 6.07) is 0. The molecule has 2 fully saturated rings. The summed E-state index contributed by atoms with van der Waals surface area (Å²) < 4.78 is 0. The molecular weight excluding hydrogens is 226 g/mol. The van der Waals surface area contributed by atoms with Crippen molar-refractivity contribution in [2.75, 3.05) is 31.1 Å². The molecule has 2 heteroatoms. The minimum absolute atomic E-state index is 1.01. The molecule has 1 aliphatic carbocycles. The molecule has 2 aliphatic rings. The summed E-state index contributed by atoms with van der Waals surface area (Å²) in [5.41, 5.74) is 0. The first kappa shape index (κ1) is 13.7. The molecule has 0 radical (unpaired) electrons. The molecule has 1 saturated carbocycles. The molecule has 0 bridgehead atoms. The summed E-state index contributed by atoms with van der Waals surface area (Å²) >= 11 is 2.12. The van der Waals surface area contributed by atoms with Crippen LogP contribution in [0.2, 0.25) is 0 Å². The van der Waals surface area contributed by atoms with Gasteiger partial charge in [-0.1, -0.05) is 45.4 Å². The van der Waals surface area contributed by atoms with E-state index in [0.717, 1.165) is 11.8 Å². The third-order valence-electron chi connectivity index (χ3n) is 4.58. The van der Waals surface area contributed by atoms with Crippen molar-refractivity contribution >= 4 is 11.8 Å². The van der Waals surface area contributed by atoms with E-state index in [0.29, 0.717) is 0 Å². The van der Waals surface area contributed by atoms with Gasteiger partial charge in [-0.15, -0.1) is 0 Å². The van der Waals surface area contributed by atoms with E-state index in [9.17, 15) is 0 Å². The van der Waals surface area contributed by atoms with Gasteiger partial charge in [0.1, 0.15) is 0 Å². The maximum atomic E-state index is 2.67. The first-order valence-corrected chi connectivity index (χ1v) is 8.80. The Labute approximate surface area is 112 Å². The Morgan fingerprint density at radius 2 is 1.71 bits per heavy atom. The van der Waals surface area contributed by atoms with Crippen LogP contribution in [-0.2, 0) is 0 Å². The van der Waals surface area contributed by atoms with Gasteiger partial charge >= 0.3 is 0 Å². The summed E-state index contributed by atoms with van der Waals surface area (Å²) in [5, 5.41) is 0. The number of thioether (sulfide) groups is 1. The maximum Gasteiger partial charge on any atom is 0.00727 e. The van der Waals surface area contributed by atoms with Crippen LogP contribution < -0.4 is 0 Å². The summed E-state index contributed by atoms with van der Waals surface area (Å²) in [7, 11) is 0. The SMILES string of the molecule is CC1CCC(CCCCN2CCSCC2)CC1. The van der Waals surface area contributed by atoms with Gasteiger partial charge in [-0.2, -0.15) is 11.8 Å². The lowest BCUT2D eigenvalue weighted by Gasteiger charge is -2.28. The highest BCUT2D eigenvalue weighted by Crippen LogP contribution is 2.31. The van der Waals surface area contributed by atoms with Gasteiger partial charge in [0.25, 0.3) is 0 Å². The smallest absolute Gasteiger partial charge is 0.00727 e. The molecule has 0 N–H and O–H groups in total. The fourth-order valence-electron chi connectivity index (χ4n) is 3.21. The zero-order valence-corrected chi connectivity index (χ0v) is 12.3. The fraction of sp³-hybridized carbons (Fsp3) is 1.00. The van der Waals surface area contributed by atoms with Crippen LogP contribution in [-0.4, -0.2) is 36.0 Å². The van der Waals surface area contributed by atoms with Crippen molar-refractivity contribution in [1.82, 2.24) is 4.90 Å². The summed E-state index contributed by atoms with van der Waals surface area (Å²) in [6.07, 6.45) is 10.4. The molecule has 2 rings (SSSR count). The highest BCUT2D eigenvalue weighted by Gasteiger charge is 2.17. The van der Waals surface area contributed by atoms with Gasteiger partial charge in [0, 0.05) is 24.6 Å². The van der Waals surface area contributed by atoms with E-state index >= 15 is 0 Å². The van der Waals surface area contributed by atoms with Crippen LogP contribution in [0, 0.1) is 11.8 Å². The average molecular weight is 255 g/mol. The molecule has 100 valence electrons. The zero-order chi connectivity index (χ0) is 11.9. The van der Waals surface area contributed by atoms with Crippen molar-refractivity contribution in [2.45, 2.75) is 51.9 Å². The van der Waals surface area contributed by atoms with E-state index < -0.39 is 0 Å². The summed E-state index contributed by atoms with van der Waals surface area (Å²) in [6.45, 7) is 6.46. The number of hydrogen-bond acceptors (Lipinski definition) is 2. The van der Waals surface area contributed by atoms with Crippen molar-refractivity contribution < 1.29 is 0 Å². The fourth-order valence-corrected chi connectivity index (χ4v) is 4.19. The van der Waals surface area contributed by atoms with Crippen LogP contribution >= 0.6 is 11.8 Å². The molecule has 0 aromatic rings. The first-order valence-electron chi connectivity index (χ1n) is 7.64. The Hall–Kier alpha value is 0.310. The monoisotopic (exact) mass is 255 g/mol. The molecule has 17 heavy (non-hydrogen) atoms. The van der Waals surface area contributed by atoms with Crippen LogP contribution in [0.1, 0.15) is 51.9 Å². The van der Waals surface area contributed by atoms with E-state index in [1.54, 1.807) is 0 Å². The maximum absolute atomic E-state index is 2.67. The van der Waals surface area contributed by atoms with Crippen LogP contribution in [0.15, 0.2) is 0 Å². The molecule has 1 aliphatic heterocycles. The Kier molecular flexibility index (Phi) is 6.21. The second-order valence-electron chi connectivity index (χ2n) is 6.08. The third kappa shape index (κ3) is 5.21. The molecule has 0 unspecified atom stereocenters. The van der Waals surface area contributed by atoms with E-state index in [1.165, 1.54) is 76.1 Å². The number of nitrogens with zero attached hydrogens (tertiary/aromatic N) is 1. The quantitative estimate of drug-likeness (QED) is 0.682. The lowest BCUT2D eigenvalue weighted by molar-refractivity contribution is 0.257. The van der Waals surface area contributed by atoms with Gasteiger partial charge in [0.2, 0.25) is 0 Å². The molecule has 1 heterocycles. The minimum atomic E-state index is 1.01. The highest BCUT2D eigenvalue weighted by atomic mass is 32.2. The molecule has 0 aromatic carbocycles. The number of unbranched alkanes of at least 4 members (excludes halogenated alkanes) is 1. The van der Waals surface area contributed by atoms with Crippen LogP contribution in [0.4, 0.5) is 0 Å². The Balaban J connectivity index is 1.48. The molecule has 0 atom stereocenters. The van der Waals surface area contributed by atoms with Gasteiger partial charge in [-0.3, -0.25) is 0 Å². The van der Waals surface area contributed by atoms with E-state index in [4.69, 9.17) is 0 Å². The number of hydrogen-bond donors (Lipinski definition) is 0. The first-order chi connectivity index (χ1) is 8.34. The van der Waals surface area contributed by atoms with Crippen molar-refractivity contribution in [3.8, 4) is 0 Å². The minimum Gasteiger partial charge on any atom is -0.302 e. The van der Waals surface area contributed by atoms with Gasteiger partial charge in [-0.05, 0) is 24.8 Å². The molecule has 1 nitrogen and oxygen atoms in total. The van der Waals surface area contributed by atoms with Crippen LogP contribution in [0.25, 0.3) is 0 Å². The van der Waals surface area contributed by atoms with E-state index in [-0.39, 0.29) is 0 Å². The van der Waals surface area contributed by atoms with Crippen LogP contribution in [0.3, 0.4) is 0 Å². The second-order valence-corrected chi connectivity index (χ2v) is 7.30. The summed E-state index contributed by atoms with van der Waals surface area (Å²) in [4.78, 5) is 2.67. The standard InChI is InChI=1S/C15H29NS/c1-14-5-7-15(8-6-14)4-2-3-9-16-10-12-17-13-11-16/h14-15H,2-13H2,1H3. The normalized spacial score (nSPS) is 31.6. The Morgan fingerprint density at radius 1 is 1.00 bits per heavy atom. The summed E-state index contributed by atoms with van der Waals surface area (Å²) in [5.74, 6) is 4.81. The molecular formula is C15H29NS. The van der Waals surface area contributed by atoms with E-state index in [2.05, 4.69) is 23.6 Å². The van der Waals surface area contributed by atoms with Crippen molar-refractivity contribution in [3.63, 3.8) is 0 Å². The predicted molar refractivity (Wildman–Crippen MR) is 78.7 cm³/mol. The topological polar surface area (TPSA) is 3.24 Å². The molecule has 1 saturated heterocycles. The lowest BCUT2D eigenvalue weighted by Crippen LogP contribution is -2.33. The average Bonchev–Trinajstić information content (AvgIpc) is 2.38. The van der Waals surface area contributed by atoms with Crippen LogP contribution in [0.5, 0.6) is 0 Å². The Bertz CT molecular complexity index is 193. The molecule has 0 spiro atoms. The van der Waals surface area contributed by atoms with Gasteiger partial charge < -0.3 is 4.90 Å². The van der Waals surface area contributed by atoms with Crippen molar-refractivity contribution in [3.05, 3.63) is 0 Å². The number of rotatable bonds is 5. The second kappa shape index (κ2) is 7.68.